The summed E-state index contributed by atoms with van der Waals surface area (Å²) in [6.07, 6.45) is 11.0. The van der Waals surface area contributed by atoms with E-state index in [1.54, 1.807) is 36.5 Å². The second kappa shape index (κ2) is 17.6. The van der Waals surface area contributed by atoms with Gasteiger partial charge < -0.3 is 25.3 Å². The van der Waals surface area contributed by atoms with Crippen molar-refractivity contribution in [1.82, 2.24) is 25.0 Å². The number of piperidine rings is 1. The van der Waals surface area contributed by atoms with Gasteiger partial charge in [0.2, 0.25) is 17.7 Å². The van der Waals surface area contributed by atoms with Gasteiger partial charge in [-0.1, -0.05) is 38.2 Å². The SMILES string of the molecule is Cc1c(NC(=O)CN2CCN(CCCCCCCCCOc3cccc4c3C(=O)N(C3CCC(=O)NC3=O)C4=O)CC2)c[nH]c1/C=C1\C(=O)Nc2ccc(F)cc21. The van der Waals surface area contributed by atoms with E-state index in [9.17, 15) is 33.2 Å². The predicted molar refractivity (Wildman–Crippen MR) is 211 cm³/mol. The summed E-state index contributed by atoms with van der Waals surface area (Å²) in [4.78, 5) is 84.3. The van der Waals surface area contributed by atoms with Crippen LogP contribution in [0.2, 0.25) is 0 Å². The molecule has 2 saturated heterocycles. The van der Waals surface area contributed by atoms with Gasteiger partial charge in [-0.3, -0.25) is 43.9 Å². The molecule has 14 nitrogen and oxygen atoms in total. The van der Waals surface area contributed by atoms with Gasteiger partial charge in [0, 0.05) is 55.7 Å². The first kappa shape index (κ1) is 39.6. The Morgan fingerprint density at radius 2 is 1.63 bits per heavy atom. The molecular weight excluding hydrogens is 734 g/mol. The third-order valence-electron chi connectivity index (χ3n) is 11.1. The van der Waals surface area contributed by atoms with Crippen LogP contribution in [0, 0.1) is 12.7 Å². The minimum atomic E-state index is -1.01. The molecule has 1 aromatic heterocycles. The molecule has 2 aromatic carbocycles. The van der Waals surface area contributed by atoms with Crippen LogP contribution in [0.25, 0.3) is 11.6 Å². The van der Waals surface area contributed by atoms with Crippen molar-refractivity contribution in [3.63, 3.8) is 0 Å². The predicted octanol–water partition coefficient (Wildman–Crippen LogP) is 4.72. The number of nitrogens with zero attached hydrogens (tertiary/aromatic N) is 3. The maximum atomic E-state index is 13.8. The van der Waals surface area contributed by atoms with Crippen molar-refractivity contribution in [1.29, 1.82) is 0 Å². The number of rotatable bonds is 16. The second-order valence-corrected chi connectivity index (χ2v) is 15.1. The van der Waals surface area contributed by atoms with E-state index in [2.05, 4.69) is 30.7 Å². The molecule has 5 heterocycles. The molecule has 4 N–H and O–H groups in total. The number of nitrogens with one attached hydrogen (secondary N) is 4. The highest BCUT2D eigenvalue weighted by Gasteiger charge is 2.46. The second-order valence-electron chi connectivity index (χ2n) is 15.1. The number of piperazine rings is 1. The van der Waals surface area contributed by atoms with Gasteiger partial charge in [-0.25, -0.2) is 4.39 Å². The molecule has 1 unspecified atom stereocenters. The summed E-state index contributed by atoms with van der Waals surface area (Å²) in [6.45, 7) is 7.07. The smallest absolute Gasteiger partial charge is 0.266 e. The van der Waals surface area contributed by atoms with Crippen molar-refractivity contribution >= 4 is 58.5 Å². The Morgan fingerprint density at radius 1 is 0.895 bits per heavy atom. The molecule has 3 aromatic rings. The van der Waals surface area contributed by atoms with E-state index in [0.29, 0.717) is 47.1 Å². The summed E-state index contributed by atoms with van der Waals surface area (Å²) in [5, 5.41) is 7.96. The number of aromatic amines is 1. The van der Waals surface area contributed by atoms with Crippen molar-refractivity contribution < 1.29 is 37.9 Å². The van der Waals surface area contributed by atoms with Gasteiger partial charge in [-0.2, -0.15) is 0 Å². The summed E-state index contributed by atoms with van der Waals surface area (Å²) in [7, 11) is 0. The van der Waals surface area contributed by atoms with E-state index in [1.165, 1.54) is 12.1 Å². The van der Waals surface area contributed by atoms with Crippen LogP contribution in [-0.2, 0) is 19.2 Å². The van der Waals surface area contributed by atoms with Gasteiger partial charge in [-0.15, -0.1) is 0 Å². The zero-order valence-electron chi connectivity index (χ0n) is 32.1. The number of benzene rings is 2. The topological polar surface area (TPSA) is 173 Å². The minimum absolute atomic E-state index is 0.0708. The number of carbonyl (C=O) groups is 6. The summed E-state index contributed by atoms with van der Waals surface area (Å²) >= 11 is 0. The molecule has 0 aliphatic carbocycles. The fourth-order valence-corrected chi connectivity index (χ4v) is 7.91. The Balaban J connectivity index is 0.742. The molecule has 57 heavy (non-hydrogen) atoms. The third kappa shape index (κ3) is 8.99. The summed E-state index contributed by atoms with van der Waals surface area (Å²) in [6, 6.07) is 8.08. The lowest BCUT2D eigenvalue weighted by atomic mass is 10.0. The average Bonchev–Trinajstić information content (AvgIpc) is 3.78. The minimum Gasteiger partial charge on any atom is -0.493 e. The molecular formula is C42H48FN7O7. The lowest BCUT2D eigenvalue weighted by molar-refractivity contribution is -0.136. The Labute approximate surface area is 330 Å². The number of imide groups is 2. The maximum absolute atomic E-state index is 13.8. The molecule has 7 rings (SSSR count). The van der Waals surface area contributed by atoms with Gasteiger partial charge in [-0.05, 0) is 74.7 Å². The highest BCUT2D eigenvalue weighted by Crippen LogP contribution is 2.35. The Bertz CT molecular complexity index is 2100. The maximum Gasteiger partial charge on any atom is 0.266 e. The van der Waals surface area contributed by atoms with Gasteiger partial charge in [0.15, 0.2) is 0 Å². The van der Waals surface area contributed by atoms with E-state index < -0.39 is 35.5 Å². The number of hydrogen-bond acceptors (Lipinski definition) is 9. The summed E-state index contributed by atoms with van der Waals surface area (Å²) in [5.74, 6) is -2.64. The van der Waals surface area contributed by atoms with Gasteiger partial charge in [0.25, 0.3) is 17.7 Å². The van der Waals surface area contributed by atoms with Crippen LogP contribution in [-0.4, -0.2) is 107 Å². The molecule has 0 bridgehead atoms. The molecule has 0 spiro atoms. The molecule has 6 amide bonds. The van der Waals surface area contributed by atoms with Crippen molar-refractivity contribution in [2.75, 3.05) is 56.5 Å². The molecule has 0 radical (unpaired) electrons. The molecule has 2 fully saturated rings. The first-order valence-corrected chi connectivity index (χ1v) is 19.8. The normalized spacial score (nSPS) is 19.2. The number of halogens is 1. The van der Waals surface area contributed by atoms with Crippen molar-refractivity contribution in [2.45, 2.75) is 70.8 Å². The molecule has 4 aliphatic heterocycles. The fourth-order valence-electron chi connectivity index (χ4n) is 7.91. The lowest BCUT2D eigenvalue weighted by Crippen LogP contribution is -2.54. The quantitative estimate of drug-likeness (QED) is 0.0912. The zero-order chi connectivity index (χ0) is 40.1. The van der Waals surface area contributed by atoms with Gasteiger partial charge in [0.05, 0.1) is 35.5 Å². The van der Waals surface area contributed by atoms with E-state index in [4.69, 9.17) is 4.74 Å². The Kier molecular flexibility index (Phi) is 12.2. The number of hydrogen-bond donors (Lipinski definition) is 4. The van der Waals surface area contributed by atoms with Crippen LogP contribution in [0.3, 0.4) is 0 Å². The molecule has 300 valence electrons. The standard InChI is InChI=1S/C42H48FN7O7/c1-26-32(23-30-29-22-27(43)12-13-31(29)46-39(30)53)44-24-33(26)45-37(52)25-49-19-17-48(18-20-49)16-7-5-3-2-4-6-8-21-57-35-11-9-10-28-38(35)42(56)50(41(28)55)34-14-15-36(51)47-40(34)54/h9-13,22-24,34,44H,2-8,14-21,25H2,1H3,(H,45,52)(H,46,53)(H,47,51,54)/b30-23-. The number of amides is 6. The highest BCUT2D eigenvalue weighted by molar-refractivity contribution is 6.35. The number of unbranched alkanes of at least 4 members (excludes halogenated alkanes) is 6. The van der Waals surface area contributed by atoms with Crippen molar-refractivity contribution in [2.24, 2.45) is 0 Å². The fraction of sp³-hybridized carbons (Fsp3) is 0.429. The van der Waals surface area contributed by atoms with Crippen LogP contribution in [0.5, 0.6) is 5.75 Å². The zero-order valence-corrected chi connectivity index (χ0v) is 32.1. The Morgan fingerprint density at radius 3 is 2.40 bits per heavy atom. The largest absolute Gasteiger partial charge is 0.493 e. The number of fused-ring (bicyclic) bond motifs is 2. The van der Waals surface area contributed by atoms with Crippen molar-refractivity contribution in [3.8, 4) is 5.75 Å². The molecule has 15 heteroatoms. The van der Waals surface area contributed by atoms with Crippen molar-refractivity contribution in [3.05, 3.63) is 76.4 Å². The summed E-state index contributed by atoms with van der Waals surface area (Å²) < 4.78 is 19.8. The lowest BCUT2D eigenvalue weighted by Gasteiger charge is -2.34. The number of anilines is 2. The molecule has 0 saturated carbocycles. The highest BCUT2D eigenvalue weighted by atomic mass is 19.1. The van der Waals surface area contributed by atoms with Gasteiger partial charge >= 0.3 is 0 Å². The molecule has 1 atom stereocenters. The first-order chi connectivity index (χ1) is 27.6. The Hall–Kier alpha value is -5.67. The number of aromatic nitrogens is 1. The first-order valence-electron chi connectivity index (χ1n) is 19.8. The van der Waals surface area contributed by atoms with E-state index in [0.717, 1.165) is 88.1 Å². The average molecular weight is 782 g/mol. The molecule has 4 aliphatic rings. The van der Waals surface area contributed by atoms with E-state index in [1.807, 2.05) is 6.92 Å². The van der Waals surface area contributed by atoms with Crippen LogP contribution in [0.15, 0.2) is 42.6 Å². The van der Waals surface area contributed by atoms with E-state index >= 15 is 0 Å². The number of ether oxygens (including phenoxy) is 1. The van der Waals surface area contributed by atoms with Crippen LogP contribution >= 0.6 is 0 Å². The number of carbonyl (C=O) groups excluding carboxylic acids is 6. The summed E-state index contributed by atoms with van der Waals surface area (Å²) in [5.41, 5.74) is 3.93. The monoisotopic (exact) mass is 781 g/mol. The van der Waals surface area contributed by atoms with Crippen LogP contribution in [0.1, 0.15) is 95.3 Å². The van der Waals surface area contributed by atoms with Gasteiger partial charge in [0.1, 0.15) is 17.6 Å². The van der Waals surface area contributed by atoms with Crippen LogP contribution in [0.4, 0.5) is 15.8 Å². The van der Waals surface area contributed by atoms with E-state index in [-0.39, 0.29) is 35.8 Å². The third-order valence-corrected chi connectivity index (χ3v) is 11.1. The van der Waals surface area contributed by atoms with Crippen LogP contribution < -0.4 is 20.7 Å². The number of H-pyrrole nitrogens is 1.